The van der Waals surface area contributed by atoms with E-state index in [2.05, 4.69) is 11.4 Å². The molecule has 1 aromatic rings. The Kier molecular flexibility index (Phi) is 3.89. The summed E-state index contributed by atoms with van der Waals surface area (Å²) in [6.45, 7) is 2.09. The molecule has 130 valence electrons. The van der Waals surface area contributed by atoms with Crippen molar-refractivity contribution >= 4 is 25.0 Å². The second-order valence-electron chi connectivity index (χ2n) is 7.64. The highest BCUT2D eigenvalue weighted by Crippen LogP contribution is 2.61. The van der Waals surface area contributed by atoms with E-state index in [1.54, 1.807) is 12.1 Å². The van der Waals surface area contributed by atoms with Crippen LogP contribution >= 0.6 is 19.4 Å². The summed E-state index contributed by atoms with van der Waals surface area (Å²) >= 11 is 6.80. The lowest BCUT2D eigenvalue weighted by Crippen LogP contribution is -2.48. The number of phosphoric acid groups is 1. The first kappa shape index (κ1) is 16.7. The molecular weight excluding hydrogens is 347 g/mol. The minimum atomic E-state index is -5.03. The number of benzene rings is 1. The molecule has 4 aliphatic rings. The summed E-state index contributed by atoms with van der Waals surface area (Å²) in [6, 6.07) is 6.81. The van der Waals surface area contributed by atoms with Crippen molar-refractivity contribution in [2.75, 3.05) is 0 Å². The quantitative estimate of drug-likeness (QED) is 0.606. The van der Waals surface area contributed by atoms with Gasteiger partial charge in [-0.1, -0.05) is 17.7 Å². The number of rotatable bonds is 3. The molecule has 0 saturated heterocycles. The Hall–Kier alpha value is -0.800. The van der Waals surface area contributed by atoms with Gasteiger partial charge >= 0.3 is 0 Å². The molecule has 0 amide bonds. The highest BCUT2D eigenvalue weighted by molar-refractivity contribution is 7.43. The summed E-state index contributed by atoms with van der Waals surface area (Å²) in [6.07, 6.45) is 5.66. The predicted octanol–water partition coefficient (Wildman–Crippen LogP) is 3.49. The van der Waals surface area contributed by atoms with Gasteiger partial charge in [0.2, 0.25) is 0 Å². The first-order chi connectivity index (χ1) is 11.2. The van der Waals surface area contributed by atoms with Crippen LogP contribution in [0, 0.1) is 17.8 Å². The smallest absolute Gasteiger partial charge is 0.124 e. The van der Waals surface area contributed by atoms with E-state index >= 15 is 0 Å². The van der Waals surface area contributed by atoms with Crippen LogP contribution in [0.15, 0.2) is 29.8 Å². The second kappa shape index (κ2) is 5.60. The zero-order valence-corrected chi connectivity index (χ0v) is 15.2. The van der Waals surface area contributed by atoms with E-state index < -0.39 is 7.82 Å². The zero-order chi connectivity index (χ0) is 17.1. The Morgan fingerprint density at radius 2 is 1.92 bits per heavy atom. The molecule has 0 heterocycles. The van der Waals surface area contributed by atoms with E-state index in [-0.39, 0.29) is 10.6 Å². The van der Waals surface area contributed by atoms with Gasteiger partial charge < -0.3 is 18.9 Å². The van der Waals surface area contributed by atoms with Crippen LogP contribution < -0.4 is 14.3 Å². The van der Waals surface area contributed by atoms with E-state index in [1.807, 2.05) is 6.07 Å². The number of hydrogen-bond donors (Lipinski definition) is 0. The highest BCUT2D eigenvalue weighted by atomic mass is 35.5. The summed E-state index contributed by atoms with van der Waals surface area (Å²) in [5, 5.41) is 0. The highest BCUT2D eigenvalue weighted by Gasteiger charge is 2.52. The van der Waals surface area contributed by atoms with Gasteiger partial charge in [0.1, 0.15) is 13.6 Å². The minimum Gasteiger partial charge on any atom is -0.780 e. The Morgan fingerprint density at radius 1 is 1.25 bits per heavy atom. The van der Waals surface area contributed by atoms with Gasteiger partial charge in [0.05, 0.1) is 0 Å². The lowest BCUT2D eigenvalue weighted by Gasteiger charge is -2.56. The summed E-state index contributed by atoms with van der Waals surface area (Å²) < 4.78 is 15.4. The molecule has 4 aliphatic carbocycles. The first-order valence-corrected chi connectivity index (χ1v) is 10.3. The normalized spacial score (nSPS) is 34.5. The van der Waals surface area contributed by atoms with Gasteiger partial charge in [-0.3, -0.25) is 0 Å². The van der Waals surface area contributed by atoms with Crippen LogP contribution in [0.25, 0.3) is 5.57 Å². The van der Waals surface area contributed by atoms with E-state index in [4.69, 9.17) is 11.6 Å². The number of phosphoric ester groups is 1. The van der Waals surface area contributed by atoms with Gasteiger partial charge in [0.25, 0.3) is 0 Å². The lowest BCUT2D eigenvalue weighted by atomic mass is 9.53. The number of hydrogen-bond acceptors (Lipinski definition) is 4. The zero-order valence-electron chi connectivity index (χ0n) is 13.5. The molecule has 4 nitrogen and oxygen atoms in total. The molecule has 2 atom stereocenters. The minimum absolute atomic E-state index is 0.0109. The van der Waals surface area contributed by atoms with E-state index in [9.17, 15) is 14.4 Å². The van der Waals surface area contributed by atoms with Crippen LogP contribution in [-0.2, 0) is 4.57 Å². The first-order valence-electron chi connectivity index (χ1n) is 8.44. The fourth-order valence-corrected chi connectivity index (χ4v) is 6.35. The third-order valence-electron chi connectivity index (χ3n) is 5.91. The summed E-state index contributed by atoms with van der Waals surface area (Å²) in [5.74, 6) is 1.89. The van der Waals surface area contributed by atoms with Crippen molar-refractivity contribution in [1.29, 1.82) is 0 Å². The maximum atomic E-state index is 10.8. The Balaban J connectivity index is 1.68. The van der Waals surface area contributed by atoms with Gasteiger partial charge in [-0.2, -0.15) is 0 Å². The summed E-state index contributed by atoms with van der Waals surface area (Å²) in [7, 11) is -5.03. The molecule has 2 unspecified atom stereocenters. The van der Waals surface area contributed by atoms with Crippen LogP contribution in [-0.4, -0.2) is 4.87 Å². The van der Waals surface area contributed by atoms with Crippen LogP contribution in [0.4, 0.5) is 0 Å². The topological polar surface area (TPSA) is 72.4 Å². The van der Waals surface area contributed by atoms with Crippen LogP contribution in [0.2, 0.25) is 0 Å². The van der Waals surface area contributed by atoms with E-state index in [0.717, 1.165) is 30.7 Å². The average molecular weight is 367 g/mol. The standard InChI is InChI=1S/C18H22ClO4P/c1-11(13-3-2-4-16(7-13)23-24(20,21)22)17-14-5-12-6-15(17)10-18(19,8-12)9-14/h2-4,7,12,14-15H,5-6,8-10H2,1H3,(H2,20,21,22)/p-2. The van der Waals surface area contributed by atoms with E-state index in [0.29, 0.717) is 11.8 Å². The molecule has 0 N–H and O–H groups in total. The predicted molar refractivity (Wildman–Crippen MR) is 89.4 cm³/mol. The number of halogens is 1. The Labute approximate surface area is 147 Å². The fraction of sp³-hybridized carbons (Fsp3) is 0.556. The van der Waals surface area contributed by atoms with Gasteiger partial charge in [-0.05, 0) is 80.1 Å². The molecule has 4 saturated carbocycles. The van der Waals surface area contributed by atoms with E-state index in [1.165, 1.54) is 30.1 Å². The number of alkyl halides is 1. The summed E-state index contributed by atoms with van der Waals surface area (Å²) in [4.78, 5) is 21.7. The molecule has 24 heavy (non-hydrogen) atoms. The Bertz CT molecular complexity index is 735. The van der Waals surface area contributed by atoms with Crippen LogP contribution in [0.1, 0.15) is 44.6 Å². The third kappa shape index (κ3) is 3.06. The van der Waals surface area contributed by atoms with Crippen molar-refractivity contribution in [2.45, 2.75) is 43.9 Å². The molecule has 0 aromatic heterocycles. The second-order valence-corrected chi connectivity index (χ2v) is 9.52. The SMILES string of the molecule is CC(=C1C2CC3CC1CC(Cl)(C3)C2)c1cccc(OP(=O)([O-])[O-])c1. The van der Waals surface area contributed by atoms with Gasteiger partial charge in [-0.15, -0.1) is 11.6 Å². The van der Waals surface area contributed by atoms with Crippen LogP contribution in [0.3, 0.4) is 0 Å². The van der Waals surface area contributed by atoms with Crippen molar-refractivity contribution in [2.24, 2.45) is 17.8 Å². The average Bonchev–Trinajstić information content (AvgIpc) is 2.43. The van der Waals surface area contributed by atoms with Gasteiger partial charge in [0.15, 0.2) is 0 Å². The third-order valence-corrected chi connectivity index (χ3v) is 6.81. The molecule has 0 aliphatic heterocycles. The van der Waals surface area contributed by atoms with Gasteiger partial charge in [-0.25, -0.2) is 0 Å². The van der Waals surface area contributed by atoms with Crippen molar-refractivity contribution in [3.63, 3.8) is 0 Å². The molecule has 4 bridgehead atoms. The fourth-order valence-electron chi connectivity index (χ4n) is 5.39. The number of allylic oxidation sites excluding steroid dienone is 2. The molecule has 5 rings (SSSR count). The molecule has 0 radical (unpaired) electrons. The molecule has 4 fully saturated rings. The maximum Gasteiger partial charge on any atom is 0.124 e. The molecule has 0 spiro atoms. The maximum absolute atomic E-state index is 10.8. The van der Waals surface area contributed by atoms with Crippen molar-refractivity contribution < 1.29 is 18.9 Å². The van der Waals surface area contributed by atoms with Gasteiger partial charge in [0, 0.05) is 4.87 Å². The van der Waals surface area contributed by atoms with Crippen molar-refractivity contribution in [3.8, 4) is 5.75 Å². The van der Waals surface area contributed by atoms with Crippen molar-refractivity contribution in [3.05, 3.63) is 35.4 Å². The Morgan fingerprint density at radius 3 is 2.50 bits per heavy atom. The lowest BCUT2D eigenvalue weighted by molar-refractivity contribution is -0.333. The summed E-state index contributed by atoms with van der Waals surface area (Å²) in [5.41, 5.74) is 3.58. The molecule has 6 heteroatoms. The van der Waals surface area contributed by atoms with Crippen LogP contribution in [0.5, 0.6) is 5.75 Å². The monoisotopic (exact) mass is 366 g/mol. The molecule has 1 aromatic carbocycles. The molecular formula is C18H20ClO4P-2. The largest absolute Gasteiger partial charge is 0.780 e. The van der Waals surface area contributed by atoms with Crippen molar-refractivity contribution in [1.82, 2.24) is 0 Å².